The molecule has 0 aromatic carbocycles. The van der Waals surface area contributed by atoms with E-state index in [1.54, 1.807) is 6.20 Å². The molecule has 1 aromatic rings. The topological polar surface area (TPSA) is 12.9 Å². The lowest BCUT2D eigenvalue weighted by atomic mass is 10.1. The second-order valence-corrected chi connectivity index (χ2v) is 2.83. The van der Waals surface area contributed by atoms with Gasteiger partial charge in [-0.15, -0.1) is 0 Å². The Balaban J connectivity index is 2.96. The predicted octanol–water partition coefficient (Wildman–Crippen LogP) is 2.66. The normalized spacial score (nSPS) is 10.4. The van der Waals surface area contributed by atoms with E-state index in [-0.39, 0.29) is 0 Å². The van der Waals surface area contributed by atoms with Gasteiger partial charge in [-0.2, -0.15) is 0 Å². The molecule has 53 valence electrons. The van der Waals surface area contributed by atoms with Crippen LogP contribution in [0.15, 0.2) is 12.3 Å². The van der Waals surface area contributed by atoms with Crippen LogP contribution < -0.4 is 0 Å². The van der Waals surface area contributed by atoms with Gasteiger partial charge >= 0.3 is 0 Å². The Morgan fingerprint density at radius 3 is 2.70 bits per heavy atom. The van der Waals surface area contributed by atoms with E-state index >= 15 is 0 Å². The van der Waals surface area contributed by atoms with Gasteiger partial charge in [0.15, 0.2) is 0 Å². The zero-order valence-electron chi connectivity index (χ0n) is 6.06. The minimum Gasteiger partial charge on any atom is -0.244 e. The molecule has 0 saturated carbocycles. The molecule has 0 aliphatic rings. The molecule has 0 aliphatic heterocycles. The number of rotatable bonds is 1. The molecule has 0 bridgehead atoms. The largest absolute Gasteiger partial charge is 0.244 e. The molecule has 1 aromatic heterocycles. The molecule has 10 heavy (non-hydrogen) atoms. The Hall–Kier alpha value is -0.560. The van der Waals surface area contributed by atoms with Crippen LogP contribution in [0.4, 0.5) is 0 Å². The van der Waals surface area contributed by atoms with Gasteiger partial charge in [0.05, 0.1) is 0 Å². The molecule has 0 saturated heterocycles. The van der Waals surface area contributed by atoms with E-state index in [9.17, 15) is 0 Å². The predicted molar refractivity (Wildman–Crippen MR) is 42.2 cm³/mol. The molecule has 0 spiro atoms. The Morgan fingerprint density at radius 1 is 1.60 bits per heavy atom. The van der Waals surface area contributed by atoms with E-state index < -0.39 is 0 Å². The third-order valence-corrected chi connectivity index (χ3v) is 1.50. The van der Waals surface area contributed by atoms with Crippen molar-refractivity contribution in [2.45, 2.75) is 19.8 Å². The summed E-state index contributed by atoms with van der Waals surface area (Å²) in [4.78, 5) is 3.83. The average molecular weight is 155 g/mol. The van der Waals surface area contributed by atoms with E-state index in [0.717, 1.165) is 5.56 Å². The van der Waals surface area contributed by atoms with Gasteiger partial charge in [0.1, 0.15) is 5.15 Å². The highest BCUT2D eigenvalue weighted by atomic mass is 35.5. The van der Waals surface area contributed by atoms with Gasteiger partial charge in [0, 0.05) is 12.3 Å². The Morgan fingerprint density at radius 2 is 2.30 bits per heavy atom. The number of hydrogen-bond acceptors (Lipinski definition) is 1. The van der Waals surface area contributed by atoms with Crippen LogP contribution in [0.3, 0.4) is 0 Å². The summed E-state index contributed by atoms with van der Waals surface area (Å²) >= 11 is 5.62. The standard InChI is InChI=1S/C8H9ClN/c1-6(2)7-3-4-10-8(9)5-7/h3-4,6H,1-2H3. The fraction of sp³-hybridized carbons (Fsp3) is 0.375. The maximum Gasteiger partial charge on any atom is 0.137 e. The summed E-state index contributed by atoms with van der Waals surface area (Å²) in [5.41, 5.74) is 1.11. The molecule has 1 rings (SSSR count). The van der Waals surface area contributed by atoms with E-state index in [4.69, 9.17) is 11.6 Å². The first-order valence-electron chi connectivity index (χ1n) is 3.24. The maximum atomic E-state index is 5.62. The van der Waals surface area contributed by atoms with Gasteiger partial charge in [-0.05, 0) is 17.5 Å². The molecule has 0 atom stereocenters. The second-order valence-electron chi connectivity index (χ2n) is 2.47. The molecule has 1 radical (unpaired) electrons. The second kappa shape index (κ2) is 3.02. The first-order valence-corrected chi connectivity index (χ1v) is 3.61. The van der Waals surface area contributed by atoms with Crippen LogP contribution in [0.25, 0.3) is 0 Å². The Bertz CT molecular complexity index is 220. The van der Waals surface area contributed by atoms with Crippen LogP contribution in [0.5, 0.6) is 0 Å². The van der Waals surface area contributed by atoms with Crippen molar-refractivity contribution in [1.82, 2.24) is 4.98 Å². The minimum absolute atomic E-state index is 0.450. The lowest BCUT2D eigenvalue weighted by molar-refractivity contribution is 0.861. The fourth-order valence-electron chi connectivity index (χ4n) is 0.713. The molecule has 0 aliphatic carbocycles. The van der Waals surface area contributed by atoms with Crippen LogP contribution in [0, 0.1) is 6.07 Å². The van der Waals surface area contributed by atoms with Crippen molar-refractivity contribution >= 4 is 11.6 Å². The average Bonchev–Trinajstić information content (AvgIpc) is 1.88. The van der Waals surface area contributed by atoms with Gasteiger partial charge in [0.25, 0.3) is 0 Å². The molecule has 0 fully saturated rings. The molecule has 0 unspecified atom stereocenters. The van der Waals surface area contributed by atoms with Gasteiger partial charge in [-0.25, -0.2) is 4.98 Å². The van der Waals surface area contributed by atoms with Gasteiger partial charge in [-0.3, -0.25) is 0 Å². The third kappa shape index (κ3) is 1.71. The molecular weight excluding hydrogens is 146 g/mol. The van der Waals surface area contributed by atoms with Crippen molar-refractivity contribution in [3.8, 4) is 0 Å². The third-order valence-electron chi connectivity index (χ3n) is 1.31. The van der Waals surface area contributed by atoms with Crippen LogP contribution in [0.1, 0.15) is 25.3 Å². The number of pyridine rings is 1. The van der Waals surface area contributed by atoms with Gasteiger partial charge in [-0.1, -0.05) is 25.4 Å². The lowest BCUT2D eigenvalue weighted by Crippen LogP contribution is -1.87. The molecule has 0 N–H and O–H groups in total. The molecule has 1 nitrogen and oxygen atoms in total. The highest BCUT2D eigenvalue weighted by molar-refractivity contribution is 6.29. The van der Waals surface area contributed by atoms with Crippen molar-refractivity contribution in [1.29, 1.82) is 0 Å². The molecule has 1 heterocycles. The summed E-state index contributed by atoms with van der Waals surface area (Å²) in [6, 6.07) is 4.89. The number of halogens is 1. The molecule has 2 heteroatoms. The van der Waals surface area contributed by atoms with Gasteiger partial charge < -0.3 is 0 Å². The lowest BCUT2D eigenvalue weighted by Gasteiger charge is -2.02. The summed E-state index contributed by atoms with van der Waals surface area (Å²) in [5, 5.41) is 0.450. The first kappa shape index (κ1) is 7.55. The van der Waals surface area contributed by atoms with Gasteiger partial charge in [0.2, 0.25) is 0 Å². The van der Waals surface area contributed by atoms with Crippen LogP contribution in [-0.2, 0) is 0 Å². The van der Waals surface area contributed by atoms with E-state index in [1.807, 2.05) is 6.07 Å². The van der Waals surface area contributed by atoms with E-state index in [0.29, 0.717) is 11.1 Å². The highest BCUT2D eigenvalue weighted by Crippen LogP contribution is 2.14. The van der Waals surface area contributed by atoms with Crippen molar-refractivity contribution in [2.75, 3.05) is 0 Å². The summed E-state index contributed by atoms with van der Waals surface area (Å²) < 4.78 is 0. The maximum absolute atomic E-state index is 5.62. The summed E-state index contributed by atoms with van der Waals surface area (Å²) in [5.74, 6) is 0.473. The smallest absolute Gasteiger partial charge is 0.137 e. The number of hydrogen-bond donors (Lipinski definition) is 0. The summed E-state index contributed by atoms with van der Waals surface area (Å²) in [6.07, 6.45) is 1.70. The van der Waals surface area contributed by atoms with E-state index in [2.05, 4.69) is 24.9 Å². The molecule has 0 amide bonds. The molecular formula is C8H9ClN. The SMILES string of the molecule is CC(C)c1[c]c(Cl)ncc1. The zero-order chi connectivity index (χ0) is 7.56. The Kier molecular flexibility index (Phi) is 2.28. The monoisotopic (exact) mass is 154 g/mol. The fourth-order valence-corrected chi connectivity index (χ4v) is 0.878. The van der Waals surface area contributed by atoms with Crippen molar-refractivity contribution in [2.24, 2.45) is 0 Å². The Labute approximate surface area is 66.0 Å². The number of nitrogens with zero attached hydrogens (tertiary/aromatic N) is 1. The van der Waals surface area contributed by atoms with Crippen molar-refractivity contribution < 1.29 is 0 Å². The van der Waals surface area contributed by atoms with Crippen molar-refractivity contribution in [3.05, 3.63) is 29.0 Å². The summed E-state index contributed by atoms with van der Waals surface area (Å²) in [7, 11) is 0. The van der Waals surface area contributed by atoms with Crippen molar-refractivity contribution in [3.63, 3.8) is 0 Å². The summed E-state index contributed by atoms with van der Waals surface area (Å²) in [6.45, 7) is 4.20. The zero-order valence-corrected chi connectivity index (χ0v) is 6.81. The first-order chi connectivity index (χ1) is 4.70. The van der Waals surface area contributed by atoms with Crippen LogP contribution in [0.2, 0.25) is 5.15 Å². The van der Waals surface area contributed by atoms with E-state index in [1.165, 1.54) is 0 Å². The number of aromatic nitrogens is 1. The van der Waals surface area contributed by atoms with Crippen LogP contribution in [-0.4, -0.2) is 4.98 Å². The quantitative estimate of drug-likeness (QED) is 0.567. The minimum atomic E-state index is 0.450. The highest BCUT2D eigenvalue weighted by Gasteiger charge is 1.98. The van der Waals surface area contributed by atoms with Crippen LogP contribution >= 0.6 is 11.6 Å².